The van der Waals surface area contributed by atoms with Crippen LogP contribution in [0.1, 0.15) is 0 Å². The molecule has 5 heteroatoms. The Kier molecular flexibility index (Phi) is 4.29. The molecule has 7 aromatic rings. The molecule has 0 aliphatic rings. The Morgan fingerprint density at radius 2 is 1.49 bits per heavy atom. The lowest BCUT2D eigenvalue weighted by Gasteiger charge is -2.10. The van der Waals surface area contributed by atoms with Crippen LogP contribution in [0.2, 0.25) is 0 Å². The number of pyridine rings is 1. The van der Waals surface area contributed by atoms with E-state index in [1.54, 1.807) is 6.07 Å². The van der Waals surface area contributed by atoms with E-state index in [1.165, 1.54) is 12.1 Å². The molecular weight excluding hydrogens is 437 g/mol. The third-order valence-electron chi connectivity index (χ3n) is 6.29. The summed E-state index contributed by atoms with van der Waals surface area (Å²) in [5.74, 6) is 0.390. The van der Waals surface area contributed by atoms with Crippen LogP contribution < -0.4 is 0 Å². The Hall–Kier alpha value is -4.77. The van der Waals surface area contributed by atoms with Gasteiger partial charge in [-0.2, -0.15) is 0 Å². The fourth-order valence-electron chi connectivity index (χ4n) is 4.68. The standard InChI is InChI=1S/C30H18FN3O/c31-20-14-15-22-23-12-7-13-24(28(23)35-27(22)18-20)29-33-26-17-16-25(19-8-3-1-4-9-19)32-30(26)34(29)21-10-5-2-6-11-21/h1-18H. The molecule has 0 spiro atoms. The number of imidazole rings is 1. The molecule has 0 aliphatic heterocycles. The number of hydrogen-bond donors (Lipinski definition) is 0. The first kappa shape index (κ1) is 19.7. The zero-order valence-electron chi connectivity index (χ0n) is 18.5. The molecule has 166 valence electrons. The molecule has 0 N–H and O–H groups in total. The van der Waals surface area contributed by atoms with Gasteiger partial charge in [-0.15, -0.1) is 0 Å². The Morgan fingerprint density at radius 3 is 2.31 bits per heavy atom. The predicted molar refractivity (Wildman–Crippen MR) is 137 cm³/mol. The summed E-state index contributed by atoms with van der Waals surface area (Å²) in [6.45, 7) is 0. The Bertz CT molecular complexity index is 1850. The van der Waals surface area contributed by atoms with Crippen molar-refractivity contribution in [1.29, 1.82) is 0 Å². The highest BCUT2D eigenvalue weighted by molar-refractivity contribution is 6.09. The molecule has 0 bridgehead atoms. The summed E-state index contributed by atoms with van der Waals surface area (Å²) in [5, 5.41) is 1.79. The number of hydrogen-bond acceptors (Lipinski definition) is 3. The molecule has 0 amide bonds. The van der Waals surface area contributed by atoms with Crippen molar-refractivity contribution in [2.24, 2.45) is 0 Å². The topological polar surface area (TPSA) is 43.9 Å². The minimum atomic E-state index is -0.327. The fraction of sp³-hybridized carbons (Fsp3) is 0. The van der Waals surface area contributed by atoms with Gasteiger partial charge in [0.25, 0.3) is 0 Å². The number of nitrogens with zero attached hydrogens (tertiary/aromatic N) is 3. The second kappa shape index (κ2) is 7.64. The average Bonchev–Trinajstić information content (AvgIpc) is 3.47. The van der Waals surface area contributed by atoms with Crippen LogP contribution in [0.25, 0.3) is 61.4 Å². The zero-order valence-corrected chi connectivity index (χ0v) is 18.5. The number of para-hydroxylation sites is 2. The van der Waals surface area contributed by atoms with Gasteiger partial charge >= 0.3 is 0 Å². The van der Waals surface area contributed by atoms with Crippen LogP contribution in [-0.4, -0.2) is 14.5 Å². The number of benzene rings is 4. The largest absolute Gasteiger partial charge is 0.455 e. The minimum absolute atomic E-state index is 0.327. The maximum atomic E-state index is 13.9. The first-order valence-electron chi connectivity index (χ1n) is 11.4. The smallest absolute Gasteiger partial charge is 0.165 e. The molecule has 0 aliphatic carbocycles. The van der Waals surface area contributed by atoms with E-state index in [2.05, 4.69) is 4.57 Å². The molecule has 0 unspecified atom stereocenters. The van der Waals surface area contributed by atoms with Crippen molar-refractivity contribution < 1.29 is 8.81 Å². The van der Waals surface area contributed by atoms with Crippen molar-refractivity contribution in [1.82, 2.24) is 14.5 Å². The first-order chi connectivity index (χ1) is 17.3. The van der Waals surface area contributed by atoms with Gasteiger partial charge in [-0.1, -0.05) is 60.7 Å². The van der Waals surface area contributed by atoms with Gasteiger partial charge in [0.1, 0.15) is 22.5 Å². The average molecular weight is 455 g/mol. The monoisotopic (exact) mass is 455 g/mol. The second-order valence-electron chi connectivity index (χ2n) is 8.44. The summed E-state index contributed by atoms with van der Waals surface area (Å²) >= 11 is 0. The van der Waals surface area contributed by atoms with Crippen LogP contribution in [0.5, 0.6) is 0 Å². The number of rotatable bonds is 3. The second-order valence-corrected chi connectivity index (χ2v) is 8.44. The van der Waals surface area contributed by atoms with Gasteiger partial charge < -0.3 is 4.42 Å². The van der Waals surface area contributed by atoms with E-state index in [0.29, 0.717) is 17.0 Å². The summed E-state index contributed by atoms with van der Waals surface area (Å²) in [4.78, 5) is 10.0. The van der Waals surface area contributed by atoms with Crippen molar-refractivity contribution in [3.63, 3.8) is 0 Å². The molecule has 7 rings (SSSR count). The highest BCUT2D eigenvalue weighted by Gasteiger charge is 2.21. The summed E-state index contributed by atoms with van der Waals surface area (Å²) in [6.07, 6.45) is 0. The summed E-state index contributed by atoms with van der Waals surface area (Å²) < 4.78 is 22.2. The van der Waals surface area contributed by atoms with Crippen molar-refractivity contribution in [3.05, 3.63) is 115 Å². The summed E-state index contributed by atoms with van der Waals surface area (Å²) in [7, 11) is 0. The van der Waals surface area contributed by atoms with Crippen molar-refractivity contribution in [2.45, 2.75) is 0 Å². The SMILES string of the molecule is Fc1ccc2c(c1)oc1c(-c3nc4ccc(-c5ccccc5)nc4n3-c3ccccc3)cccc12. The minimum Gasteiger partial charge on any atom is -0.455 e. The van der Waals surface area contributed by atoms with Gasteiger partial charge in [-0.25, -0.2) is 14.4 Å². The molecule has 0 saturated heterocycles. The highest BCUT2D eigenvalue weighted by Crippen LogP contribution is 2.38. The van der Waals surface area contributed by atoms with Crippen LogP contribution in [0.4, 0.5) is 4.39 Å². The molecule has 0 saturated carbocycles. The van der Waals surface area contributed by atoms with E-state index in [-0.39, 0.29) is 5.82 Å². The van der Waals surface area contributed by atoms with Gasteiger partial charge in [0.15, 0.2) is 11.5 Å². The number of fused-ring (bicyclic) bond motifs is 4. The highest BCUT2D eigenvalue weighted by atomic mass is 19.1. The maximum Gasteiger partial charge on any atom is 0.165 e. The zero-order chi connectivity index (χ0) is 23.4. The van der Waals surface area contributed by atoms with E-state index < -0.39 is 0 Å². The van der Waals surface area contributed by atoms with E-state index in [9.17, 15) is 4.39 Å². The van der Waals surface area contributed by atoms with Crippen LogP contribution in [-0.2, 0) is 0 Å². The third-order valence-corrected chi connectivity index (χ3v) is 6.29. The van der Waals surface area contributed by atoms with Crippen LogP contribution >= 0.6 is 0 Å². The lowest BCUT2D eigenvalue weighted by atomic mass is 10.1. The van der Waals surface area contributed by atoms with Gasteiger partial charge in [0.2, 0.25) is 0 Å². The van der Waals surface area contributed by atoms with Crippen LogP contribution in [0.3, 0.4) is 0 Å². The van der Waals surface area contributed by atoms with Gasteiger partial charge in [-0.3, -0.25) is 4.57 Å². The van der Waals surface area contributed by atoms with Crippen LogP contribution in [0, 0.1) is 5.82 Å². The fourth-order valence-corrected chi connectivity index (χ4v) is 4.68. The molecular formula is C30H18FN3O. The molecule has 0 atom stereocenters. The maximum absolute atomic E-state index is 13.9. The van der Waals surface area contributed by atoms with Gasteiger partial charge in [0, 0.05) is 28.1 Å². The van der Waals surface area contributed by atoms with Gasteiger partial charge in [-0.05, 0) is 42.5 Å². The van der Waals surface area contributed by atoms with Crippen LogP contribution in [0.15, 0.2) is 114 Å². The molecule has 0 radical (unpaired) electrons. The lowest BCUT2D eigenvalue weighted by Crippen LogP contribution is -1.99. The van der Waals surface area contributed by atoms with E-state index in [1.807, 2.05) is 91.0 Å². The molecule has 35 heavy (non-hydrogen) atoms. The molecule has 4 aromatic carbocycles. The van der Waals surface area contributed by atoms with Crippen molar-refractivity contribution >= 4 is 33.1 Å². The van der Waals surface area contributed by atoms with Crippen molar-refractivity contribution in [3.8, 4) is 28.3 Å². The lowest BCUT2D eigenvalue weighted by molar-refractivity contribution is 0.618. The number of furan rings is 1. The predicted octanol–water partition coefficient (Wildman–Crippen LogP) is 7.79. The van der Waals surface area contributed by atoms with Crippen molar-refractivity contribution in [2.75, 3.05) is 0 Å². The first-order valence-corrected chi connectivity index (χ1v) is 11.4. The summed E-state index contributed by atoms with van der Waals surface area (Å²) in [5.41, 5.74) is 6.40. The third kappa shape index (κ3) is 3.13. The Labute approximate surface area is 199 Å². The molecule has 3 heterocycles. The Morgan fingerprint density at radius 1 is 0.686 bits per heavy atom. The summed E-state index contributed by atoms with van der Waals surface area (Å²) in [6, 6.07) is 34.7. The number of halogens is 1. The number of aromatic nitrogens is 3. The molecule has 3 aromatic heterocycles. The normalized spacial score (nSPS) is 11.6. The molecule has 4 nitrogen and oxygen atoms in total. The van der Waals surface area contributed by atoms with Gasteiger partial charge in [0.05, 0.1) is 11.3 Å². The van der Waals surface area contributed by atoms with E-state index in [0.717, 1.165) is 44.4 Å². The van der Waals surface area contributed by atoms with E-state index >= 15 is 0 Å². The quantitative estimate of drug-likeness (QED) is 0.273. The Balaban J connectivity index is 1.55. The van der Waals surface area contributed by atoms with E-state index in [4.69, 9.17) is 14.4 Å². The molecule has 0 fully saturated rings.